The Balaban J connectivity index is 0.784. The van der Waals surface area contributed by atoms with Crippen LogP contribution in [0.5, 0.6) is 0 Å². The molecule has 4 aliphatic rings. The lowest BCUT2D eigenvalue weighted by atomic mass is 9.97. The van der Waals surface area contributed by atoms with Crippen LogP contribution in [0.2, 0.25) is 0 Å². The summed E-state index contributed by atoms with van der Waals surface area (Å²) in [6.07, 6.45) is -13.1. The topological polar surface area (TPSA) is 203 Å². The minimum Gasteiger partial charge on any atom is -0.449 e. The predicted molar refractivity (Wildman–Crippen MR) is 266 cm³/mol. The molecule has 12 atom stereocenters. The second-order valence-electron chi connectivity index (χ2n) is 17.9. The number of benzene rings is 6. The molecule has 18 heteroatoms. The van der Waals surface area contributed by atoms with Crippen LogP contribution in [-0.2, 0) is 63.3 Å². The van der Waals surface area contributed by atoms with Crippen LogP contribution in [-0.4, -0.2) is 113 Å². The molecular formula is C57H54N2O16. The molecule has 2 amide bonds. The number of fused-ring (bicyclic) bond motifs is 2. The number of hydrogen-bond acceptors (Lipinski definition) is 16. The summed E-state index contributed by atoms with van der Waals surface area (Å²) in [5, 5.41) is 5.57. The second kappa shape index (κ2) is 23.8. The van der Waals surface area contributed by atoms with Gasteiger partial charge in [-0.1, -0.05) is 121 Å². The summed E-state index contributed by atoms with van der Waals surface area (Å²) in [4.78, 5) is 54.3. The molecule has 388 valence electrons. The van der Waals surface area contributed by atoms with Crippen molar-refractivity contribution >= 4 is 35.5 Å². The molecule has 2 N–H and O–H groups in total. The van der Waals surface area contributed by atoms with Gasteiger partial charge in [-0.15, -0.1) is 0 Å². The van der Waals surface area contributed by atoms with E-state index < -0.39 is 98.1 Å². The molecule has 0 radical (unpaired) electrons. The molecule has 10 rings (SSSR count). The van der Waals surface area contributed by atoms with Gasteiger partial charge >= 0.3 is 24.1 Å². The van der Waals surface area contributed by atoms with Gasteiger partial charge in [0.1, 0.15) is 24.4 Å². The molecule has 6 aromatic carbocycles. The summed E-state index contributed by atoms with van der Waals surface area (Å²) in [7, 11) is 2.81. The molecule has 4 heterocycles. The van der Waals surface area contributed by atoms with Gasteiger partial charge in [-0.3, -0.25) is 10.6 Å². The first-order chi connectivity index (χ1) is 36.7. The van der Waals surface area contributed by atoms with Crippen molar-refractivity contribution in [3.63, 3.8) is 0 Å². The largest absolute Gasteiger partial charge is 0.449 e. The number of methoxy groups -OCH3 is 2. The summed E-state index contributed by atoms with van der Waals surface area (Å²) in [5.74, 6) is -1.33. The van der Waals surface area contributed by atoms with E-state index in [-0.39, 0.29) is 24.3 Å². The van der Waals surface area contributed by atoms with E-state index in [1.165, 1.54) is 14.2 Å². The Kier molecular flexibility index (Phi) is 16.2. The lowest BCUT2D eigenvalue weighted by Crippen LogP contribution is -2.64. The van der Waals surface area contributed by atoms with Crippen LogP contribution in [0, 0.1) is 0 Å². The van der Waals surface area contributed by atoms with Gasteiger partial charge in [-0.25, -0.2) is 19.2 Å². The van der Waals surface area contributed by atoms with E-state index in [2.05, 4.69) is 10.6 Å². The summed E-state index contributed by atoms with van der Waals surface area (Å²) < 4.78 is 72.5. The second-order valence-corrected chi connectivity index (χ2v) is 17.9. The Morgan fingerprint density at radius 3 is 1.16 bits per heavy atom. The zero-order valence-corrected chi connectivity index (χ0v) is 40.7. The lowest BCUT2D eigenvalue weighted by molar-refractivity contribution is -0.356. The van der Waals surface area contributed by atoms with Crippen molar-refractivity contribution in [1.82, 2.24) is 0 Å². The maximum absolute atomic E-state index is 13.7. The van der Waals surface area contributed by atoms with E-state index in [1.807, 2.05) is 84.9 Å². The SMILES string of the molecule is COC1OC2COC(c3ccccc3)OC2C(OC(=O)Nc2ccc(Cc3ccc(NC(=O)OC4C5OC(c6ccccc6)OCC5OC(OC)C4OC(=O)c4ccccc4)cc3)cc2)C1OC(=O)c1ccccc1. The lowest BCUT2D eigenvalue weighted by Gasteiger charge is -2.47. The van der Waals surface area contributed by atoms with Crippen molar-refractivity contribution in [3.8, 4) is 0 Å². The molecule has 0 aliphatic carbocycles. The molecule has 4 saturated heterocycles. The monoisotopic (exact) mass is 1020 g/mol. The Hall–Kier alpha value is -7.52. The van der Waals surface area contributed by atoms with Crippen molar-refractivity contribution in [2.75, 3.05) is 38.1 Å². The fourth-order valence-electron chi connectivity index (χ4n) is 9.27. The average molecular weight is 1020 g/mol. The molecule has 75 heavy (non-hydrogen) atoms. The number of nitrogens with one attached hydrogen (secondary N) is 2. The van der Waals surface area contributed by atoms with Crippen LogP contribution < -0.4 is 10.6 Å². The minimum absolute atomic E-state index is 0.0872. The van der Waals surface area contributed by atoms with Crippen molar-refractivity contribution in [3.05, 3.63) is 203 Å². The fourth-order valence-corrected chi connectivity index (χ4v) is 9.27. The van der Waals surface area contributed by atoms with Crippen molar-refractivity contribution in [1.29, 1.82) is 0 Å². The van der Waals surface area contributed by atoms with Crippen molar-refractivity contribution in [2.24, 2.45) is 0 Å². The van der Waals surface area contributed by atoms with Crippen LogP contribution in [0.1, 0.15) is 55.5 Å². The highest BCUT2D eigenvalue weighted by atomic mass is 16.8. The Morgan fingerprint density at radius 2 is 0.800 bits per heavy atom. The summed E-state index contributed by atoms with van der Waals surface area (Å²) in [6, 6.07) is 49.8. The van der Waals surface area contributed by atoms with Gasteiger partial charge in [-0.05, 0) is 66.1 Å². The van der Waals surface area contributed by atoms with E-state index in [4.69, 9.17) is 56.8 Å². The normalized spacial score (nSPS) is 27.0. The molecule has 18 nitrogen and oxygen atoms in total. The van der Waals surface area contributed by atoms with Crippen LogP contribution in [0.4, 0.5) is 21.0 Å². The number of amides is 2. The quantitative estimate of drug-likeness (QED) is 0.0775. The number of hydrogen-bond donors (Lipinski definition) is 2. The van der Waals surface area contributed by atoms with Gasteiger partial charge < -0.3 is 56.8 Å². The highest BCUT2D eigenvalue weighted by Crippen LogP contribution is 2.39. The van der Waals surface area contributed by atoms with Crippen molar-refractivity contribution < 1.29 is 76.0 Å². The van der Waals surface area contributed by atoms with Gasteiger partial charge in [0.05, 0.1) is 24.3 Å². The zero-order valence-electron chi connectivity index (χ0n) is 40.7. The Morgan fingerprint density at radius 1 is 0.440 bits per heavy atom. The highest BCUT2D eigenvalue weighted by molar-refractivity contribution is 5.90. The molecule has 0 saturated carbocycles. The Labute approximate surface area is 431 Å². The molecule has 4 aliphatic heterocycles. The molecule has 0 spiro atoms. The number of esters is 2. The number of rotatable bonds is 14. The number of ether oxygens (including phenoxy) is 12. The standard InChI is InChI=1S/C57H54N2O16/c1-64-54-48(70-50(60)36-15-7-3-8-16-36)46(44-42(68-54)32-66-52(72-44)38-19-11-5-12-20-38)74-56(62)58-40-27-23-34(24-28-40)31-35-25-29-41(30-26-35)59-57(63)75-47-45-43(33-67-53(73-45)39-21-13-6-14-22-39)69-55(65-2)49(47)71-51(61)37-17-9-4-10-18-37/h3-30,42-49,52-55H,31-33H2,1-2H3,(H,58,62)(H,59,63). The maximum Gasteiger partial charge on any atom is 0.412 e. The van der Waals surface area contributed by atoms with Gasteiger partial charge in [0.2, 0.25) is 0 Å². The number of carbonyl (C=O) groups is 4. The maximum atomic E-state index is 13.7. The van der Waals surface area contributed by atoms with Gasteiger partial charge in [0, 0.05) is 36.7 Å². The average Bonchev–Trinajstić information content (AvgIpc) is 3.45. The van der Waals surface area contributed by atoms with Crippen LogP contribution in [0.15, 0.2) is 170 Å². The summed E-state index contributed by atoms with van der Waals surface area (Å²) in [6.45, 7) is 0.174. The number of anilines is 2. The smallest absolute Gasteiger partial charge is 0.412 e. The predicted octanol–water partition coefficient (Wildman–Crippen LogP) is 8.53. The highest BCUT2D eigenvalue weighted by Gasteiger charge is 2.56. The first-order valence-electron chi connectivity index (χ1n) is 24.4. The molecule has 4 fully saturated rings. The molecule has 0 bridgehead atoms. The first-order valence-corrected chi connectivity index (χ1v) is 24.4. The third-order valence-corrected chi connectivity index (χ3v) is 13.0. The van der Waals surface area contributed by atoms with Crippen LogP contribution >= 0.6 is 0 Å². The van der Waals surface area contributed by atoms with Crippen molar-refractivity contribution in [2.45, 2.75) is 80.4 Å². The Bertz CT molecular complexity index is 2650. The van der Waals surface area contributed by atoms with E-state index in [1.54, 1.807) is 84.9 Å². The molecule has 6 aromatic rings. The van der Waals surface area contributed by atoms with Crippen LogP contribution in [0.25, 0.3) is 0 Å². The van der Waals surface area contributed by atoms with Gasteiger partial charge in [0.25, 0.3) is 0 Å². The zero-order chi connectivity index (χ0) is 51.7. The van der Waals surface area contributed by atoms with Gasteiger partial charge in [0.15, 0.2) is 49.6 Å². The molecule has 0 aromatic heterocycles. The third-order valence-electron chi connectivity index (χ3n) is 13.0. The van der Waals surface area contributed by atoms with Gasteiger partial charge in [-0.2, -0.15) is 0 Å². The van der Waals surface area contributed by atoms with E-state index >= 15 is 0 Å². The summed E-state index contributed by atoms with van der Waals surface area (Å²) in [5.41, 5.74) is 4.77. The molecule has 12 unspecified atom stereocenters. The van der Waals surface area contributed by atoms with E-state index in [0.717, 1.165) is 22.3 Å². The van der Waals surface area contributed by atoms with Crippen LogP contribution in [0.3, 0.4) is 0 Å². The number of carbonyl (C=O) groups excluding carboxylic acids is 4. The summed E-state index contributed by atoms with van der Waals surface area (Å²) >= 11 is 0. The van der Waals surface area contributed by atoms with E-state index in [9.17, 15) is 19.2 Å². The minimum atomic E-state index is -1.22. The third kappa shape index (κ3) is 12.2. The molecular weight excluding hydrogens is 969 g/mol. The fraction of sp³-hybridized carbons (Fsp3) is 0.298. The first kappa shape index (κ1) is 51.0. The van der Waals surface area contributed by atoms with E-state index in [0.29, 0.717) is 17.8 Å².